The summed E-state index contributed by atoms with van der Waals surface area (Å²) in [5, 5.41) is 15.3. The van der Waals surface area contributed by atoms with Crippen molar-refractivity contribution < 1.29 is 28.4 Å². The Kier molecular flexibility index (Phi) is 7.07. The average Bonchev–Trinajstić information content (AvgIpc) is 3.21. The Morgan fingerprint density at radius 3 is 2.53 bits per heavy atom. The molecule has 2 amide bonds. The molecule has 0 aliphatic rings. The fourth-order valence-corrected chi connectivity index (χ4v) is 3.19. The number of rotatable bonds is 7. The molecule has 1 aromatic heterocycles. The standard InChI is InChI=1S/C19H12ClFN4O6S/c20-11-3-6-13(14(7-11)23-17(27)10-1-4-12(21)5-2-10)18(28)31-9-15(26)24-19-22-8-16(32-19)25(29)30/h1-8H,9H2,(H,23,27)(H,22,24,26). The third-order valence-electron chi connectivity index (χ3n) is 3.81. The highest BCUT2D eigenvalue weighted by Gasteiger charge is 2.19. The van der Waals surface area contributed by atoms with Crippen molar-refractivity contribution in [3.05, 3.63) is 80.7 Å². The number of nitrogens with one attached hydrogen (secondary N) is 2. The number of nitrogens with zero attached hydrogens (tertiary/aromatic N) is 2. The lowest BCUT2D eigenvalue weighted by Gasteiger charge is -2.11. The Hall–Kier alpha value is -3.90. The van der Waals surface area contributed by atoms with Crippen LogP contribution in [0.1, 0.15) is 20.7 Å². The zero-order valence-electron chi connectivity index (χ0n) is 15.8. The van der Waals surface area contributed by atoms with Crippen molar-refractivity contribution in [2.75, 3.05) is 17.2 Å². The molecule has 3 rings (SSSR count). The summed E-state index contributed by atoms with van der Waals surface area (Å²) in [5.41, 5.74) is 0.0814. The summed E-state index contributed by atoms with van der Waals surface area (Å²) in [6.45, 7) is -0.708. The molecular formula is C19H12ClFN4O6S. The van der Waals surface area contributed by atoms with Crippen LogP contribution in [0.25, 0.3) is 0 Å². The maximum atomic E-state index is 13.0. The van der Waals surface area contributed by atoms with Gasteiger partial charge >= 0.3 is 11.0 Å². The third kappa shape index (κ3) is 5.83. The molecule has 164 valence electrons. The number of nitro groups is 1. The van der Waals surface area contributed by atoms with E-state index in [1.807, 2.05) is 0 Å². The van der Waals surface area contributed by atoms with Gasteiger partial charge in [0.15, 0.2) is 11.7 Å². The summed E-state index contributed by atoms with van der Waals surface area (Å²) >= 11 is 6.58. The number of hydrogen-bond donors (Lipinski definition) is 2. The first-order valence-electron chi connectivity index (χ1n) is 8.66. The number of hydrogen-bond acceptors (Lipinski definition) is 8. The molecule has 1 heterocycles. The number of thiazole rings is 1. The van der Waals surface area contributed by atoms with Gasteiger partial charge in [-0.2, -0.15) is 0 Å². The minimum absolute atomic E-state index is 0.0211. The summed E-state index contributed by atoms with van der Waals surface area (Å²) in [4.78, 5) is 50.4. The number of carbonyl (C=O) groups is 3. The zero-order valence-corrected chi connectivity index (χ0v) is 17.4. The largest absolute Gasteiger partial charge is 0.452 e. The number of amides is 2. The van der Waals surface area contributed by atoms with E-state index in [4.69, 9.17) is 16.3 Å². The van der Waals surface area contributed by atoms with E-state index in [1.54, 1.807) is 0 Å². The number of anilines is 2. The van der Waals surface area contributed by atoms with Crippen molar-refractivity contribution in [1.82, 2.24) is 4.98 Å². The molecular weight excluding hydrogens is 467 g/mol. The molecule has 3 aromatic rings. The van der Waals surface area contributed by atoms with E-state index in [9.17, 15) is 28.9 Å². The van der Waals surface area contributed by atoms with E-state index < -0.39 is 35.1 Å². The number of halogens is 2. The van der Waals surface area contributed by atoms with Gasteiger partial charge in [-0.15, -0.1) is 0 Å². The Labute approximate surface area is 188 Å². The highest BCUT2D eigenvalue weighted by Crippen LogP contribution is 2.25. The second-order valence-electron chi connectivity index (χ2n) is 6.04. The average molecular weight is 479 g/mol. The van der Waals surface area contributed by atoms with E-state index in [2.05, 4.69) is 15.6 Å². The normalized spacial score (nSPS) is 10.3. The minimum atomic E-state index is -0.934. The van der Waals surface area contributed by atoms with Gasteiger partial charge in [0.2, 0.25) is 0 Å². The predicted octanol–water partition coefficient (Wildman–Crippen LogP) is 3.89. The summed E-state index contributed by atoms with van der Waals surface area (Å²) < 4.78 is 18.0. The van der Waals surface area contributed by atoms with Gasteiger partial charge in [-0.1, -0.05) is 11.6 Å². The highest BCUT2D eigenvalue weighted by molar-refractivity contribution is 7.18. The third-order valence-corrected chi connectivity index (χ3v) is 4.91. The van der Waals surface area contributed by atoms with Gasteiger partial charge in [-0.25, -0.2) is 14.2 Å². The quantitative estimate of drug-likeness (QED) is 0.298. The number of benzene rings is 2. The van der Waals surface area contributed by atoms with Crippen molar-refractivity contribution in [2.24, 2.45) is 0 Å². The molecule has 2 N–H and O–H groups in total. The fraction of sp³-hybridized carbons (Fsp3) is 0.0526. The zero-order chi connectivity index (χ0) is 23.3. The van der Waals surface area contributed by atoms with Gasteiger partial charge < -0.3 is 10.1 Å². The maximum Gasteiger partial charge on any atom is 0.345 e. The van der Waals surface area contributed by atoms with Gasteiger partial charge in [0, 0.05) is 10.6 Å². The topological polar surface area (TPSA) is 141 Å². The van der Waals surface area contributed by atoms with Crippen LogP contribution in [0.2, 0.25) is 5.02 Å². The molecule has 0 spiro atoms. The lowest BCUT2D eigenvalue weighted by Crippen LogP contribution is -2.22. The number of carbonyl (C=O) groups excluding carboxylic acids is 3. The van der Waals surface area contributed by atoms with Gasteiger partial charge in [0.05, 0.1) is 16.2 Å². The molecule has 10 nitrogen and oxygen atoms in total. The molecule has 2 aromatic carbocycles. The van der Waals surface area contributed by atoms with Crippen LogP contribution in [0, 0.1) is 15.9 Å². The van der Waals surface area contributed by atoms with Crippen LogP contribution in [0.5, 0.6) is 0 Å². The van der Waals surface area contributed by atoms with E-state index in [0.717, 1.165) is 18.3 Å². The number of aromatic nitrogens is 1. The van der Waals surface area contributed by atoms with Crippen molar-refractivity contribution in [3.8, 4) is 0 Å². The molecule has 0 saturated carbocycles. The molecule has 0 atom stereocenters. The van der Waals surface area contributed by atoms with Crippen molar-refractivity contribution in [3.63, 3.8) is 0 Å². The van der Waals surface area contributed by atoms with Crippen LogP contribution in [-0.2, 0) is 9.53 Å². The predicted molar refractivity (Wildman–Crippen MR) is 113 cm³/mol. The second-order valence-corrected chi connectivity index (χ2v) is 7.48. The Bertz CT molecular complexity index is 1200. The van der Waals surface area contributed by atoms with E-state index in [-0.39, 0.29) is 32.0 Å². The van der Waals surface area contributed by atoms with Crippen LogP contribution in [0.4, 0.5) is 20.2 Å². The Morgan fingerprint density at radius 2 is 1.88 bits per heavy atom. The molecule has 32 heavy (non-hydrogen) atoms. The summed E-state index contributed by atoms with van der Waals surface area (Å²) in [6.07, 6.45) is 0.982. The van der Waals surface area contributed by atoms with Crippen molar-refractivity contribution in [2.45, 2.75) is 0 Å². The molecule has 0 saturated heterocycles. The highest BCUT2D eigenvalue weighted by atomic mass is 35.5. The van der Waals surface area contributed by atoms with Gasteiger partial charge in [0.25, 0.3) is 11.8 Å². The van der Waals surface area contributed by atoms with Crippen LogP contribution in [0.15, 0.2) is 48.7 Å². The first-order chi connectivity index (χ1) is 15.2. The number of esters is 1. The van der Waals surface area contributed by atoms with Gasteiger partial charge in [-0.3, -0.25) is 25.0 Å². The Morgan fingerprint density at radius 1 is 1.16 bits per heavy atom. The van der Waals surface area contributed by atoms with E-state index in [1.165, 1.54) is 30.3 Å². The smallest absolute Gasteiger partial charge is 0.345 e. The van der Waals surface area contributed by atoms with Crippen LogP contribution in [0.3, 0.4) is 0 Å². The lowest BCUT2D eigenvalue weighted by molar-refractivity contribution is -0.380. The molecule has 0 aliphatic carbocycles. The van der Waals surface area contributed by atoms with E-state index in [0.29, 0.717) is 11.3 Å². The number of ether oxygens (including phenoxy) is 1. The first-order valence-corrected chi connectivity index (χ1v) is 9.86. The van der Waals surface area contributed by atoms with Crippen LogP contribution < -0.4 is 10.6 Å². The lowest BCUT2D eigenvalue weighted by atomic mass is 10.1. The second kappa shape index (κ2) is 9.94. The van der Waals surface area contributed by atoms with Crippen LogP contribution >= 0.6 is 22.9 Å². The maximum absolute atomic E-state index is 13.0. The molecule has 0 radical (unpaired) electrons. The van der Waals surface area contributed by atoms with Crippen molar-refractivity contribution >= 4 is 56.5 Å². The SMILES string of the molecule is O=C(COC(=O)c1ccc(Cl)cc1NC(=O)c1ccc(F)cc1)Nc1ncc([N+](=O)[O-])s1. The molecule has 13 heteroatoms. The summed E-state index contributed by atoms with van der Waals surface area (Å²) in [6, 6.07) is 8.75. The molecule has 0 fully saturated rings. The minimum Gasteiger partial charge on any atom is -0.452 e. The summed E-state index contributed by atoms with van der Waals surface area (Å²) in [7, 11) is 0. The van der Waals surface area contributed by atoms with Crippen molar-refractivity contribution in [1.29, 1.82) is 0 Å². The summed E-state index contributed by atoms with van der Waals surface area (Å²) in [5.74, 6) is -2.84. The molecule has 0 unspecified atom stereocenters. The first kappa shape index (κ1) is 22.8. The monoisotopic (exact) mass is 478 g/mol. The van der Waals surface area contributed by atoms with E-state index >= 15 is 0 Å². The van der Waals surface area contributed by atoms with Crippen LogP contribution in [-0.4, -0.2) is 34.3 Å². The molecule has 0 aliphatic heterocycles. The fourth-order valence-electron chi connectivity index (χ4n) is 2.37. The molecule has 0 bridgehead atoms. The van der Waals surface area contributed by atoms with Gasteiger partial charge in [-0.05, 0) is 53.8 Å². The Balaban J connectivity index is 1.65. The van der Waals surface area contributed by atoms with Gasteiger partial charge in [0.1, 0.15) is 12.0 Å².